The van der Waals surface area contributed by atoms with Crippen molar-refractivity contribution in [2.45, 2.75) is 25.1 Å². The van der Waals surface area contributed by atoms with Gasteiger partial charge in [0.05, 0.1) is 18.5 Å². The van der Waals surface area contributed by atoms with Crippen LogP contribution in [0.5, 0.6) is 5.75 Å². The number of nitrogens with zero attached hydrogens (tertiary/aromatic N) is 2. The molecule has 0 saturated carbocycles. The van der Waals surface area contributed by atoms with Crippen molar-refractivity contribution in [1.29, 1.82) is 0 Å². The summed E-state index contributed by atoms with van der Waals surface area (Å²) in [7, 11) is 1.26. The summed E-state index contributed by atoms with van der Waals surface area (Å²) in [6, 6.07) is 4.72. The van der Waals surface area contributed by atoms with Crippen molar-refractivity contribution in [3.63, 3.8) is 0 Å². The zero-order valence-corrected chi connectivity index (χ0v) is 12.6. The highest BCUT2D eigenvalue weighted by Gasteiger charge is 2.56. The third-order valence-corrected chi connectivity index (χ3v) is 3.51. The normalized spacial score (nSPS) is 14.2. The molecule has 24 heavy (non-hydrogen) atoms. The Morgan fingerprint density at radius 1 is 1.42 bits per heavy atom. The molecule has 0 radical (unpaired) electrons. The second-order valence-electron chi connectivity index (χ2n) is 5.06. The maximum absolute atomic E-state index is 13.5. The lowest BCUT2D eigenvalue weighted by Gasteiger charge is -2.30. The number of alkyl halides is 3. The molecule has 10 heteroatoms. The van der Waals surface area contributed by atoms with Crippen molar-refractivity contribution in [3.8, 4) is 5.75 Å². The molecule has 1 atom stereocenters. The fraction of sp³-hybridized carbons (Fsp3) is 0.357. The van der Waals surface area contributed by atoms with Crippen molar-refractivity contribution in [1.82, 2.24) is 5.16 Å². The van der Waals surface area contributed by atoms with E-state index in [0.29, 0.717) is 0 Å². The molecule has 0 unspecified atom stereocenters. The predicted octanol–water partition coefficient (Wildman–Crippen LogP) is 2.89. The molecule has 0 bridgehead atoms. The second kappa shape index (κ2) is 6.11. The smallest absolute Gasteiger partial charge is 0.421 e. The molecule has 1 heterocycles. The molecular weight excluding hydrogens is 333 g/mol. The highest BCUT2D eigenvalue weighted by molar-refractivity contribution is 5.41. The van der Waals surface area contributed by atoms with Crippen LogP contribution in [0.2, 0.25) is 0 Å². The highest BCUT2D eigenvalue weighted by atomic mass is 19.4. The van der Waals surface area contributed by atoms with Crippen LogP contribution in [0.1, 0.15) is 17.0 Å². The third kappa shape index (κ3) is 3.04. The quantitative estimate of drug-likeness (QED) is 0.660. The van der Waals surface area contributed by atoms with Gasteiger partial charge in [0.25, 0.3) is 0 Å². The first-order chi connectivity index (χ1) is 11.1. The summed E-state index contributed by atoms with van der Waals surface area (Å²) in [6.07, 6.45) is -6.31. The number of halogens is 3. The third-order valence-electron chi connectivity index (χ3n) is 3.51. The molecule has 130 valence electrons. The summed E-state index contributed by atoms with van der Waals surface area (Å²) in [5.41, 5.74) is -4.80. The van der Waals surface area contributed by atoms with E-state index in [2.05, 4.69) is 9.68 Å². The van der Waals surface area contributed by atoms with Crippen molar-refractivity contribution in [3.05, 3.63) is 51.4 Å². The van der Waals surface area contributed by atoms with Gasteiger partial charge in [-0.25, -0.2) is 0 Å². The van der Waals surface area contributed by atoms with E-state index in [9.17, 15) is 28.4 Å². The molecule has 0 aliphatic heterocycles. The van der Waals surface area contributed by atoms with Crippen LogP contribution in [-0.2, 0) is 12.0 Å². The van der Waals surface area contributed by atoms with Gasteiger partial charge < -0.3 is 14.4 Å². The maximum Gasteiger partial charge on any atom is 0.421 e. The number of hydrogen-bond acceptors (Lipinski definition) is 6. The number of hydrogen-bond donors (Lipinski definition) is 1. The molecule has 1 N–H and O–H groups in total. The average molecular weight is 346 g/mol. The summed E-state index contributed by atoms with van der Waals surface area (Å²) in [4.78, 5) is 10.1. The summed E-state index contributed by atoms with van der Waals surface area (Å²) in [5.74, 6) is -0.571. The average Bonchev–Trinajstić information content (AvgIpc) is 2.86. The van der Waals surface area contributed by atoms with Gasteiger partial charge in [0, 0.05) is 0 Å². The molecule has 0 aliphatic rings. The Labute approximate surface area is 133 Å². The Morgan fingerprint density at radius 3 is 2.62 bits per heavy atom. The number of ether oxygens (including phenoxy) is 1. The van der Waals surface area contributed by atoms with Crippen molar-refractivity contribution >= 4 is 5.69 Å². The van der Waals surface area contributed by atoms with Crippen LogP contribution in [-0.4, -0.2) is 28.5 Å². The largest absolute Gasteiger partial charge is 0.497 e. The van der Waals surface area contributed by atoms with E-state index in [1.807, 2.05) is 0 Å². The van der Waals surface area contributed by atoms with Crippen molar-refractivity contribution in [2.75, 3.05) is 7.11 Å². The minimum absolute atomic E-state index is 0.0958. The molecule has 2 aromatic rings. The molecule has 7 nitrogen and oxygen atoms in total. The molecule has 1 aromatic carbocycles. The Bertz CT molecular complexity index is 759. The lowest BCUT2D eigenvalue weighted by atomic mass is 9.88. The van der Waals surface area contributed by atoms with E-state index in [0.717, 1.165) is 12.1 Å². The minimum atomic E-state index is -5.12. The van der Waals surface area contributed by atoms with Gasteiger partial charge >= 0.3 is 11.9 Å². The first-order valence-corrected chi connectivity index (χ1v) is 6.63. The fourth-order valence-electron chi connectivity index (χ4n) is 2.24. The molecule has 0 amide bonds. The van der Waals surface area contributed by atoms with Crippen molar-refractivity contribution in [2.24, 2.45) is 0 Å². The van der Waals surface area contributed by atoms with E-state index in [1.165, 1.54) is 26.2 Å². The van der Waals surface area contributed by atoms with Gasteiger partial charge in [-0.15, -0.1) is 0 Å². The molecule has 2 rings (SSSR count). The molecular formula is C14H13F3N2O5. The molecule has 0 fully saturated rings. The maximum atomic E-state index is 13.5. The van der Waals surface area contributed by atoms with Crippen LogP contribution < -0.4 is 4.74 Å². The van der Waals surface area contributed by atoms with E-state index in [4.69, 9.17) is 4.74 Å². The Morgan fingerprint density at radius 2 is 2.08 bits per heavy atom. The number of nitro groups is 1. The van der Waals surface area contributed by atoms with Crippen LogP contribution >= 0.6 is 0 Å². The van der Waals surface area contributed by atoms with E-state index in [1.54, 1.807) is 0 Å². The molecule has 1 aromatic heterocycles. The van der Waals surface area contributed by atoms with Crippen LogP contribution in [0, 0.1) is 17.0 Å². The van der Waals surface area contributed by atoms with Gasteiger partial charge in [0.2, 0.25) is 5.76 Å². The highest BCUT2D eigenvalue weighted by Crippen LogP contribution is 2.43. The summed E-state index contributed by atoms with van der Waals surface area (Å²) in [6.45, 7) is 1.23. The molecule has 0 aliphatic carbocycles. The number of aromatic nitrogens is 1. The van der Waals surface area contributed by atoms with Gasteiger partial charge in [0.1, 0.15) is 5.75 Å². The Kier molecular flexibility index (Phi) is 4.52. The van der Waals surface area contributed by atoms with Crippen LogP contribution in [0.3, 0.4) is 0 Å². The Hall–Kier alpha value is -2.62. The van der Waals surface area contributed by atoms with Crippen LogP contribution in [0.15, 0.2) is 28.8 Å². The van der Waals surface area contributed by atoms with Gasteiger partial charge in [-0.1, -0.05) is 17.3 Å². The van der Waals surface area contributed by atoms with Gasteiger partial charge in [-0.3, -0.25) is 10.1 Å². The summed E-state index contributed by atoms with van der Waals surface area (Å²) in [5, 5.41) is 24.6. The number of methoxy groups -OCH3 is 1. The minimum Gasteiger partial charge on any atom is -0.497 e. The first-order valence-electron chi connectivity index (χ1n) is 6.63. The SMILES string of the molecule is COc1cccc([C@](O)(Cc2onc(C)c2[N+](=O)[O-])C(F)(F)F)c1. The number of benzene rings is 1. The van der Waals surface area contributed by atoms with E-state index >= 15 is 0 Å². The molecule has 0 spiro atoms. The first kappa shape index (κ1) is 17.7. The topological polar surface area (TPSA) is 98.6 Å². The second-order valence-corrected chi connectivity index (χ2v) is 5.06. The summed E-state index contributed by atoms with van der Waals surface area (Å²) < 4.78 is 50.1. The number of aliphatic hydroxyl groups is 1. The lowest BCUT2D eigenvalue weighted by molar-refractivity contribution is -0.387. The predicted molar refractivity (Wildman–Crippen MR) is 74.5 cm³/mol. The number of rotatable bonds is 5. The zero-order chi connectivity index (χ0) is 18.1. The Balaban J connectivity index is 2.56. The van der Waals surface area contributed by atoms with Crippen molar-refractivity contribution < 1.29 is 32.5 Å². The van der Waals surface area contributed by atoms with Gasteiger partial charge in [-0.2, -0.15) is 13.2 Å². The van der Waals surface area contributed by atoms with Crippen LogP contribution in [0.4, 0.5) is 18.9 Å². The number of aryl methyl sites for hydroxylation is 1. The van der Waals surface area contributed by atoms with E-state index in [-0.39, 0.29) is 11.4 Å². The lowest BCUT2D eigenvalue weighted by Crippen LogP contribution is -2.44. The summed E-state index contributed by atoms with van der Waals surface area (Å²) >= 11 is 0. The van der Waals surface area contributed by atoms with Gasteiger partial charge in [0.15, 0.2) is 11.3 Å². The zero-order valence-electron chi connectivity index (χ0n) is 12.6. The molecule has 0 saturated heterocycles. The standard InChI is InChI=1S/C14H13F3N2O5/c1-8-12(19(21)22)11(24-18-8)7-13(20,14(15,16)17)9-4-3-5-10(6-9)23-2/h3-6,20H,7H2,1-2H3/t13-/m1/s1. The van der Waals surface area contributed by atoms with Gasteiger partial charge in [-0.05, 0) is 24.6 Å². The monoisotopic (exact) mass is 346 g/mol. The van der Waals surface area contributed by atoms with E-state index < -0.39 is 40.1 Å². The fourth-order valence-corrected chi connectivity index (χ4v) is 2.24. The van der Waals surface area contributed by atoms with Crippen LogP contribution in [0.25, 0.3) is 0 Å².